The Labute approximate surface area is 124 Å². The van der Waals surface area contributed by atoms with E-state index in [2.05, 4.69) is 5.10 Å². The van der Waals surface area contributed by atoms with Crippen LogP contribution in [0.15, 0.2) is 35.1 Å². The summed E-state index contributed by atoms with van der Waals surface area (Å²) in [4.78, 5) is 12.2. The highest BCUT2D eigenvalue weighted by Crippen LogP contribution is 2.24. The Kier molecular flexibility index (Phi) is 4.14. The Morgan fingerprint density at radius 1 is 1.33 bits per heavy atom. The van der Waals surface area contributed by atoms with Crippen molar-refractivity contribution in [3.8, 4) is 17.0 Å². The minimum Gasteiger partial charge on any atom is -0.494 e. The highest BCUT2D eigenvalue weighted by molar-refractivity contribution is 5.61. The summed E-state index contributed by atoms with van der Waals surface area (Å²) in [5, 5.41) is 4.31. The molecule has 0 saturated heterocycles. The lowest BCUT2D eigenvalue weighted by Crippen LogP contribution is -2.38. The number of aromatic nitrogens is 2. The van der Waals surface area contributed by atoms with Gasteiger partial charge in [0.15, 0.2) is 0 Å². The van der Waals surface area contributed by atoms with Crippen LogP contribution in [-0.2, 0) is 12.6 Å². The summed E-state index contributed by atoms with van der Waals surface area (Å²) in [6.45, 7) is 6.16. The third kappa shape index (κ3) is 3.31. The first-order valence-electron chi connectivity index (χ1n) is 6.94. The first-order valence-corrected chi connectivity index (χ1v) is 6.94. The standard InChI is InChI=1S/C16H21N3O2/c1-5-21-12-8-6-7-11(9-12)14-10-13(16(2,3)17)15(20)19(4)18-14/h6-10H,5,17H2,1-4H3. The number of nitrogens with two attached hydrogens (primary N) is 1. The lowest BCUT2D eigenvalue weighted by Gasteiger charge is -2.19. The molecule has 0 aliphatic carbocycles. The van der Waals surface area contributed by atoms with Gasteiger partial charge in [-0.15, -0.1) is 0 Å². The molecule has 2 N–H and O–H groups in total. The predicted molar refractivity (Wildman–Crippen MR) is 83.3 cm³/mol. The van der Waals surface area contributed by atoms with Crippen molar-refractivity contribution in [3.05, 3.63) is 46.2 Å². The van der Waals surface area contributed by atoms with E-state index in [4.69, 9.17) is 10.5 Å². The van der Waals surface area contributed by atoms with Crippen LogP contribution in [0.5, 0.6) is 5.75 Å². The van der Waals surface area contributed by atoms with Gasteiger partial charge in [-0.2, -0.15) is 5.10 Å². The fourth-order valence-corrected chi connectivity index (χ4v) is 2.12. The molecule has 0 atom stereocenters. The molecule has 1 aromatic heterocycles. The summed E-state index contributed by atoms with van der Waals surface area (Å²) in [7, 11) is 1.63. The third-order valence-electron chi connectivity index (χ3n) is 3.20. The van der Waals surface area contributed by atoms with Crippen molar-refractivity contribution < 1.29 is 4.74 Å². The molecule has 0 spiro atoms. The molecule has 0 unspecified atom stereocenters. The number of aryl methyl sites for hydroxylation is 1. The van der Waals surface area contributed by atoms with Crippen LogP contribution in [0.25, 0.3) is 11.3 Å². The number of benzene rings is 1. The van der Waals surface area contributed by atoms with Gasteiger partial charge < -0.3 is 10.5 Å². The van der Waals surface area contributed by atoms with Crippen LogP contribution in [0, 0.1) is 0 Å². The molecule has 0 saturated carbocycles. The van der Waals surface area contributed by atoms with E-state index in [1.807, 2.05) is 45.0 Å². The largest absolute Gasteiger partial charge is 0.494 e. The maximum atomic E-state index is 12.2. The quantitative estimate of drug-likeness (QED) is 0.934. The van der Waals surface area contributed by atoms with Gasteiger partial charge in [0.05, 0.1) is 12.3 Å². The predicted octanol–water partition coefficient (Wildman–Crippen LogP) is 2.04. The molecule has 2 rings (SSSR count). The van der Waals surface area contributed by atoms with Crippen LogP contribution in [0.2, 0.25) is 0 Å². The zero-order valence-corrected chi connectivity index (χ0v) is 12.9. The maximum Gasteiger partial charge on any atom is 0.271 e. The van der Waals surface area contributed by atoms with Crippen molar-refractivity contribution in [1.29, 1.82) is 0 Å². The van der Waals surface area contributed by atoms with E-state index in [1.165, 1.54) is 4.68 Å². The molecule has 5 nitrogen and oxygen atoms in total. The van der Waals surface area contributed by atoms with Crippen molar-refractivity contribution in [2.24, 2.45) is 12.8 Å². The van der Waals surface area contributed by atoms with Crippen LogP contribution >= 0.6 is 0 Å². The summed E-state index contributed by atoms with van der Waals surface area (Å²) in [6, 6.07) is 9.39. The molecule has 0 aliphatic rings. The molecule has 0 amide bonds. The molecule has 5 heteroatoms. The average Bonchev–Trinajstić information content (AvgIpc) is 2.41. The summed E-state index contributed by atoms with van der Waals surface area (Å²) >= 11 is 0. The number of rotatable bonds is 4. The van der Waals surface area contributed by atoms with Gasteiger partial charge in [0.2, 0.25) is 0 Å². The highest BCUT2D eigenvalue weighted by atomic mass is 16.5. The fraction of sp³-hybridized carbons (Fsp3) is 0.375. The summed E-state index contributed by atoms with van der Waals surface area (Å²) in [5.41, 5.74) is 7.32. The SMILES string of the molecule is CCOc1cccc(-c2cc(C(C)(C)N)c(=O)n(C)n2)c1. The minimum absolute atomic E-state index is 0.174. The third-order valence-corrected chi connectivity index (χ3v) is 3.20. The monoisotopic (exact) mass is 287 g/mol. The zero-order chi connectivity index (χ0) is 15.6. The van der Waals surface area contributed by atoms with E-state index in [1.54, 1.807) is 13.1 Å². The van der Waals surface area contributed by atoms with Gasteiger partial charge in [0.25, 0.3) is 5.56 Å². The number of hydrogen-bond donors (Lipinski definition) is 1. The average molecular weight is 287 g/mol. The molecular formula is C16H21N3O2. The molecule has 1 heterocycles. The van der Waals surface area contributed by atoms with Gasteiger partial charge in [-0.05, 0) is 39.0 Å². The van der Waals surface area contributed by atoms with E-state index in [0.29, 0.717) is 17.9 Å². The van der Waals surface area contributed by atoms with Gasteiger partial charge >= 0.3 is 0 Å². The van der Waals surface area contributed by atoms with Crippen molar-refractivity contribution in [2.45, 2.75) is 26.3 Å². The first-order chi connectivity index (χ1) is 9.82. The molecule has 0 radical (unpaired) electrons. The lowest BCUT2D eigenvalue weighted by atomic mass is 9.96. The number of hydrogen-bond acceptors (Lipinski definition) is 4. The number of nitrogens with zero attached hydrogens (tertiary/aromatic N) is 2. The molecule has 0 aliphatic heterocycles. The summed E-state index contributed by atoms with van der Waals surface area (Å²) in [6.07, 6.45) is 0. The first kappa shape index (κ1) is 15.3. The smallest absolute Gasteiger partial charge is 0.271 e. The maximum absolute atomic E-state index is 12.2. The second-order valence-electron chi connectivity index (χ2n) is 5.55. The van der Waals surface area contributed by atoms with E-state index >= 15 is 0 Å². The van der Waals surface area contributed by atoms with Crippen molar-refractivity contribution in [3.63, 3.8) is 0 Å². The van der Waals surface area contributed by atoms with E-state index in [0.717, 1.165) is 11.3 Å². The van der Waals surface area contributed by atoms with Gasteiger partial charge in [-0.1, -0.05) is 12.1 Å². The Hall–Kier alpha value is -2.14. The molecular weight excluding hydrogens is 266 g/mol. The van der Waals surface area contributed by atoms with Gasteiger partial charge in [0, 0.05) is 23.7 Å². The molecule has 1 aromatic carbocycles. The van der Waals surface area contributed by atoms with Crippen LogP contribution in [-0.4, -0.2) is 16.4 Å². The number of ether oxygens (including phenoxy) is 1. The molecule has 21 heavy (non-hydrogen) atoms. The zero-order valence-electron chi connectivity index (χ0n) is 12.9. The van der Waals surface area contributed by atoms with Crippen LogP contribution in [0.3, 0.4) is 0 Å². The van der Waals surface area contributed by atoms with Gasteiger partial charge in [-0.3, -0.25) is 4.79 Å². The second kappa shape index (κ2) is 5.69. The minimum atomic E-state index is -0.718. The lowest BCUT2D eigenvalue weighted by molar-refractivity contribution is 0.340. The second-order valence-corrected chi connectivity index (χ2v) is 5.55. The summed E-state index contributed by atoms with van der Waals surface area (Å²) in [5.74, 6) is 0.777. The van der Waals surface area contributed by atoms with Crippen LogP contribution < -0.4 is 16.0 Å². The highest BCUT2D eigenvalue weighted by Gasteiger charge is 2.21. The van der Waals surface area contributed by atoms with Crippen molar-refractivity contribution >= 4 is 0 Å². The Balaban J connectivity index is 2.57. The normalized spacial score (nSPS) is 11.5. The van der Waals surface area contributed by atoms with E-state index < -0.39 is 5.54 Å². The van der Waals surface area contributed by atoms with Crippen LogP contribution in [0.1, 0.15) is 26.3 Å². The molecule has 0 fully saturated rings. The Morgan fingerprint density at radius 2 is 2.05 bits per heavy atom. The van der Waals surface area contributed by atoms with E-state index in [9.17, 15) is 4.79 Å². The summed E-state index contributed by atoms with van der Waals surface area (Å²) < 4.78 is 6.82. The van der Waals surface area contributed by atoms with Crippen LogP contribution in [0.4, 0.5) is 0 Å². The molecule has 112 valence electrons. The molecule has 0 bridgehead atoms. The topological polar surface area (TPSA) is 70.1 Å². The van der Waals surface area contributed by atoms with Gasteiger partial charge in [0.1, 0.15) is 5.75 Å². The van der Waals surface area contributed by atoms with Crippen molar-refractivity contribution in [1.82, 2.24) is 9.78 Å². The fourth-order valence-electron chi connectivity index (χ4n) is 2.12. The Morgan fingerprint density at radius 3 is 2.67 bits per heavy atom. The van der Waals surface area contributed by atoms with Gasteiger partial charge in [-0.25, -0.2) is 4.68 Å². The van der Waals surface area contributed by atoms with Crippen molar-refractivity contribution in [2.75, 3.05) is 6.61 Å². The van der Waals surface area contributed by atoms with E-state index in [-0.39, 0.29) is 5.56 Å². The molecule has 2 aromatic rings. The Bertz CT molecular complexity index is 699.